The molecule has 1 aliphatic rings. The van der Waals surface area contributed by atoms with Crippen LogP contribution in [0.4, 0.5) is 0 Å². The van der Waals surface area contributed by atoms with Gasteiger partial charge in [0.25, 0.3) is 0 Å². The van der Waals surface area contributed by atoms with Crippen molar-refractivity contribution in [3.05, 3.63) is 51.9 Å². The van der Waals surface area contributed by atoms with Gasteiger partial charge in [-0.1, -0.05) is 42.3 Å². The van der Waals surface area contributed by atoms with Crippen molar-refractivity contribution in [2.75, 3.05) is 6.54 Å². The van der Waals surface area contributed by atoms with E-state index in [1.165, 1.54) is 28.2 Å². The second-order valence-electron chi connectivity index (χ2n) is 5.49. The molecule has 0 saturated heterocycles. The van der Waals surface area contributed by atoms with Crippen molar-refractivity contribution in [1.29, 1.82) is 0 Å². The van der Waals surface area contributed by atoms with Gasteiger partial charge in [0.05, 0.1) is 0 Å². The molecular weight excluding hydrogens is 298 g/mol. The van der Waals surface area contributed by atoms with Crippen molar-refractivity contribution >= 4 is 29.0 Å². The predicted octanol–water partition coefficient (Wildman–Crippen LogP) is 5.61. The quantitative estimate of drug-likeness (QED) is 0.729. The number of hydrogen-bond acceptors (Lipinski definition) is 2. The van der Waals surface area contributed by atoms with E-state index in [1.54, 1.807) is 11.3 Å². The molecular formula is C18H20ClNS. The van der Waals surface area contributed by atoms with Crippen LogP contribution in [-0.4, -0.2) is 12.6 Å². The van der Waals surface area contributed by atoms with Crippen molar-refractivity contribution in [1.82, 2.24) is 5.32 Å². The van der Waals surface area contributed by atoms with Gasteiger partial charge in [-0.05, 0) is 43.5 Å². The third-order valence-electron chi connectivity index (χ3n) is 3.76. The Bertz CT molecular complexity index is 640. The molecule has 1 saturated carbocycles. The van der Waals surface area contributed by atoms with Crippen molar-refractivity contribution in [2.45, 2.75) is 32.2 Å². The fraction of sp³-hybridized carbons (Fsp3) is 0.333. The van der Waals surface area contributed by atoms with Crippen molar-refractivity contribution in [3.63, 3.8) is 0 Å². The lowest BCUT2D eigenvalue weighted by molar-refractivity contribution is 0.723. The van der Waals surface area contributed by atoms with E-state index in [0.29, 0.717) is 0 Å². The van der Waals surface area contributed by atoms with Gasteiger partial charge in [0, 0.05) is 32.9 Å². The van der Waals surface area contributed by atoms with Crippen molar-refractivity contribution < 1.29 is 0 Å². The molecule has 0 spiro atoms. The monoisotopic (exact) mass is 317 g/mol. The van der Waals surface area contributed by atoms with Crippen LogP contribution in [0.5, 0.6) is 0 Å². The first-order valence-electron chi connectivity index (χ1n) is 7.54. The van der Waals surface area contributed by atoms with Gasteiger partial charge in [0.15, 0.2) is 0 Å². The second kappa shape index (κ2) is 6.78. The van der Waals surface area contributed by atoms with Crippen molar-refractivity contribution in [2.24, 2.45) is 0 Å². The lowest BCUT2D eigenvalue weighted by Crippen LogP contribution is -2.18. The van der Waals surface area contributed by atoms with Crippen LogP contribution in [0.3, 0.4) is 0 Å². The molecule has 1 heterocycles. The maximum Gasteiger partial charge on any atom is 0.0492 e. The highest BCUT2D eigenvalue weighted by Gasteiger charge is 2.20. The number of hydrogen-bond donors (Lipinski definition) is 1. The molecule has 1 aromatic carbocycles. The van der Waals surface area contributed by atoms with Crippen LogP contribution in [0.15, 0.2) is 42.0 Å². The van der Waals surface area contributed by atoms with E-state index in [2.05, 4.69) is 36.5 Å². The minimum Gasteiger partial charge on any atom is -0.310 e. The zero-order chi connectivity index (χ0) is 14.7. The van der Waals surface area contributed by atoms with E-state index >= 15 is 0 Å². The summed E-state index contributed by atoms with van der Waals surface area (Å²) in [5, 5.41) is 4.41. The standard InChI is InChI=1S/C18H20ClNS/c1-2-13(12-20-14-7-8-14)11-15-9-10-18(21-15)16-5-3-4-6-17(16)19/h3-6,9-11,14,20H,2,7-8,12H2,1H3. The smallest absolute Gasteiger partial charge is 0.0492 e. The van der Waals surface area contributed by atoms with Gasteiger partial charge in [-0.25, -0.2) is 0 Å². The van der Waals surface area contributed by atoms with Gasteiger partial charge < -0.3 is 5.32 Å². The summed E-state index contributed by atoms with van der Waals surface area (Å²) in [5.74, 6) is 0. The summed E-state index contributed by atoms with van der Waals surface area (Å²) in [4.78, 5) is 2.54. The van der Waals surface area contributed by atoms with Crippen LogP contribution >= 0.6 is 22.9 Å². The number of rotatable bonds is 6. The molecule has 1 aromatic heterocycles. The molecule has 1 aliphatic carbocycles. The van der Waals surface area contributed by atoms with Crippen LogP contribution in [-0.2, 0) is 0 Å². The summed E-state index contributed by atoms with van der Waals surface area (Å²) in [6.45, 7) is 3.24. The first-order valence-corrected chi connectivity index (χ1v) is 8.73. The first-order chi connectivity index (χ1) is 10.3. The summed E-state index contributed by atoms with van der Waals surface area (Å²) >= 11 is 8.08. The Kier molecular flexibility index (Phi) is 4.79. The molecule has 1 N–H and O–H groups in total. The van der Waals surface area contributed by atoms with E-state index in [1.807, 2.05) is 18.2 Å². The minimum atomic E-state index is 0.766. The number of benzene rings is 1. The highest BCUT2D eigenvalue weighted by Crippen LogP contribution is 2.34. The van der Waals surface area contributed by atoms with E-state index in [9.17, 15) is 0 Å². The molecule has 21 heavy (non-hydrogen) atoms. The Morgan fingerprint density at radius 2 is 2.10 bits per heavy atom. The lowest BCUT2D eigenvalue weighted by atomic mass is 10.1. The predicted molar refractivity (Wildman–Crippen MR) is 94.1 cm³/mol. The van der Waals surface area contributed by atoms with Crippen LogP contribution in [0.1, 0.15) is 31.1 Å². The zero-order valence-corrected chi connectivity index (χ0v) is 13.8. The van der Waals surface area contributed by atoms with Gasteiger partial charge in [-0.3, -0.25) is 0 Å². The lowest BCUT2D eigenvalue weighted by Gasteiger charge is -2.05. The van der Waals surface area contributed by atoms with Gasteiger partial charge in [-0.15, -0.1) is 11.3 Å². The molecule has 0 atom stereocenters. The van der Waals surface area contributed by atoms with E-state index in [0.717, 1.165) is 29.6 Å². The molecule has 0 amide bonds. The third kappa shape index (κ3) is 3.97. The van der Waals surface area contributed by atoms with Gasteiger partial charge in [0.2, 0.25) is 0 Å². The fourth-order valence-corrected chi connectivity index (χ4v) is 3.61. The second-order valence-corrected chi connectivity index (χ2v) is 7.02. The summed E-state index contributed by atoms with van der Waals surface area (Å²) in [6, 6.07) is 13.2. The Morgan fingerprint density at radius 1 is 1.29 bits per heavy atom. The van der Waals surface area contributed by atoms with Crippen LogP contribution in [0, 0.1) is 0 Å². The highest BCUT2D eigenvalue weighted by molar-refractivity contribution is 7.16. The largest absolute Gasteiger partial charge is 0.310 e. The summed E-state index contributed by atoms with van der Waals surface area (Å²) in [5.41, 5.74) is 2.59. The maximum absolute atomic E-state index is 6.27. The van der Waals surface area contributed by atoms with Gasteiger partial charge in [0.1, 0.15) is 0 Å². The Balaban J connectivity index is 1.75. The average Bonchev–Trinajstić information content (AvgIpc) is 3.22. The molecule has 0 radical (unpaired) electrons. The SMILES string of the molecule is CCC(=Cc1ccc(-c2ccccc2Cl)s1)CNC1CC1. The van der Waals surface area contributed by atoms with E-state index < -0.39 is 0 Å². The number of halogens is 1. The average molecular weight is 318 g/mol. The van der Waals surface area contributed by atoms with Gasteiger partial charge >= 0.3 is 0 Å². The third-order valence-corrected chi connectivity index (χ3v) is 5.16. The van der Waals surface area contributed by atoms with E-state index in [-0.39, 0.29) is 0 Å². The highest BCUT2D eigenvalue weighted by atomic mass is 35.5. The number of thiophene rings is 1. The first kappa shape index (κ1) is 14.8. The van der Waals surface area contributed by atoms with Crippen LogP contribution in [0.2, 0.25) is 5.02 Å². The number of nitrogens with one attached hydrogen (secondary N) is 1. The van der Waals surface area contributed by atoms with Crippen molar-refractivity contribution in [3.8, 4) is 10.4 Å². The summed E-state index contributed by atoms with van der Waals surface area (Å²) in [6.07, 6.45) is 6.10. The summed E-state index contributed by atoms with van der Waals surface area (Å²) < 4.78 is 0. The Labute approximate surface area is 135 Å². The molecule has 3 heteroatoms. The van der Waals surface area contributed by atoms with Crippen LogP contribution < -0.4 is 5.32 Å². The molecule has 0 unspecified atom stereocenters. The minimum absolute atomic E-state index is 0.766. The molecule has 110 valence electrons. The molecule has 1 fully saturated rings. The fourth-order valence-electron chi connectivity index (χ4n) is 2.28. The molecule has 0 bridgehead atoms. The molecule has 1 nitrogen and oxygen atoms in total. The normalized spacial score (nSPS) is 15.4. The maximum atomic E-state index is 6.27. The Hall–Kier alpha value is -1.09. The topological polar surface area (TPSA) is 12.0 Å². The molecule has 0 aliphatic heterocycles. The zero-order valence-electron chi connectivity index (χ0n) is 12.2. The Morgan fingerprint density at radius 3 is 2.81 bits per heavy atom. The van der Waals surface area contributed by atoms with Crippen LogP contribution in [0.25, 0.3) is 16.5 Å². The van der Waals surface area contributed by atoms with Gasteiger partial charge in [-0.2, -0.15) is 0 Å². The summed E-state index contributed by atoms with van der Waals surface area (Å²) in [7, 11) is 0. The molecule has 3 rings (SSSR count). The molecule has 2 aromatic rings. The van der Waals surface area contributed by atoms with E-state index in [4.69, 9.17) is 11.6 Å².